The predicted molar refractivity (Wildman–Crippen MR) is 39.6 cm³/mol. The van der Waals surface area contributed by atoms with Crippen LogP contribution in [0.15, 0.2) is 18.2 Å². The Balaban J connectivity index is 3.14. The minimum absolute atomic E-state index is 0.171. The van der Waals surface area contributed by atoms with Crippen LogP contribution in [0.1, 0.15) is 16.7 Å². The summed E-state index contributed by atoms with van der Waals surface area (Å²) in [5.74, 6) is 0. The monoisotopic (exact) mass is 172 g/mol. The summed E-state index contributed by atoms with van der Waals surface area (Å²) in [4.78, 5) is 0. The maximum absolute atomic E-state index is 12.0. The second-order valence-electron chi connectivity index (χ2n) is 2.57. The Bertz CT molecular complexity index is 286. The molecule has 64 valence electrons. The van der Waals surface area contributed by atoms with E-state index in [4.69, 9.17) is 6.92 Å². The molecule has 3 heteroatoms. The molecule has 12 heavy (non-hydrogen) atoms. The van der Waals surface area contributed by atoms with Crippen molar-refractivity contribution in [2.24, 2.45) is 0 Å². The summed E-state index contributed by atoms with van der Waals surface area (Å²) >= 11 is 0. The van der Waals surface area contributed by atoms with E-state index in [0.29, 0.717) is 5.56 Å². The molecule has 0 nitrogen and oxygen atoms in total. The normalized spacial score (nSPS) is 11.8. The van der Waals surface area contributed by atoms with E-state index in [1.165, 1.54) is 6.07 Å². The van der Waals surface area contributed by atoms with Gasteiger partial charge in [-0.15, -0.1) is 0 Å². The van der Waals surface area contributed by atoms with Gasteiger partial charge in [0.15, 0.2) is 0 Å². The van der Waals surface area contributed by atoms with Gasteiger partial charge in [0.25, 0.3) is 0 Å². The van der Waals surface area contributed by atoms with Crippen LogP contribution in [0.4, 0.5) is 13.2 Å². The zero-order chi connectivity index (χ0) is 9.35. The first-order valence-corrected chi connectivity index (χ1v) is 3.34. The minimum Gasteiger partial charge on any atom is -0.166 e. The molecule has 1 rings (SSSR count). The highest BCUT2D eigenvalue weighted by atomic mass is 19.4. The van der Waals surface area contributed by atoms with Crippen molar-refractivity contribution in [2.75, 3.05) is 0 Å². The van der Waals surface area contributed by atoms with Crippen LogP contribution in [0.3, 0.4) is 0 Å². The van der Waals surface area contributed by atoms with Crippen molar-refractivity contribution in [3.8, 4) is 0 Å². The third-order valence-corrected chi connectivity index (χ3v) is 1.61. The van der Waals surface area contributed by atoms with Crippen LogP contribution in [0.2, 0.25) is 0 Å². The van der Waals surface area contributed by atoms with Gasteiger partial charge in [-0.25, -0.2) is 0 Å². The lowest BCUT2D eigenvalue weighted by Gasteiger charge is -2.07. The number of halogens is 3. The zero-order valence-corrected chi connectivity index (χ0v) is 6.44. The SMILES string of the molecule is [CH]c1cc(C(F)(F)F)ccc1C. The fourth-order valence-corrected chi connectivity index (χ4v) is 0.817. The van der Waals surface area contributed by atoms with E-state index < -0.39 is 11.7 Å². The highest BCUT2D eigenvalue weighted by Crippen LogP contribution is 2.30. The molecule has 0 aliphatic heterocycles. The van der Waals surface area contributed by atoms with Gasteiger partial charge in [-0.2, -0.15) is 13.2 Å². The summed E-state index contributed by atoms with van der Waals surface area (Å²) in [6.07, 6.45) is -4.30. The Kier molecular flexibility index (Phi) is 2.13. The predicted octanol–water partition coefficient (Wildman–Crippen LogP) is 3.07. The Hall–Kier alpha value is -0.990. The van der Waals surface area contributed by atoms with Crippen molar-refractivity contribution >= 4 is 0 Å². The third-order valence-electron chi connectivity index (χ3n) is 1.61. The Morgan fingerprint density at radius 2 is 1.83 bits per heavy atom. The summed E-state index contributed by atoms with van der Waals surface area (Å²) in [7, 11) is 0. The summed E-state index contributed by atoms with van der Waals surface area (Å²) in [6, 6.07) is 3.32. The third kappa shape index (κ3) is 1.78. The van der Waals surface area contributed by atoms with Crippen molar-refractivity contribution in [1.82, 2.24) is 0 Å². The second-order valence-corrected chi connectivity index (χ2v) is 2.57. The maximum Gasteiger partial charge on any atom is 0.416 e. The van der Waals surface area contributed by atoms with Crippen molar-refractivity contribution in [2.45, 2.75) is 13.1 Å². The molecule has 0 atom stereocenters. The smallest absolute Gasteiger partial charge is 0.166 e. The van der Waals surface area contributed by atoms with E-state index in [0.717, 1.165) is 12.1 Å². The van der Waals surface area contributed by atoms with Gasteiger partial charge in [-0.3, -0.25) is 0 Å². The van der Waals surface area contributed by atoms with Gasteiger partial charge >= 0.3 is 6.18 Å². The van der Waals surface area contributed by atoms with E-state index in [9.17, 15) is 13.2 Å². The molecule has 1 aromatic rings. The lowest BCUT2D eigenvalue weighted by Crippen LogP contribution is -2.05. The highest BCUT2D eigenvalue weighted by Gasteiger charge is 2.30. The summed E-state index contributed by atoms with van der Waals surface area (Å²) in [6.45, 7) is 6.98. The summed E-state index contributed by atoms with van der Waals surface area (Å²) in [5.41, 5.74) is 0.124. The van der Waals surface area contributed by atoms with Crippen molar-refractivity contribution in [3.63, 3.8) is 0 Å². The molecule has 0 amide bonds. The van der Waals surface area contributed by atoms with Gasteiger partial charge in [-0.05, 0) is 37.1 Å². The fraction of sp³-hybridized carbons (Fsp3) is 0.222. The first-order chi connectivity index (χ1) is 5.41. The van der Waals surface area contributed by atoms with E-state index in [-0.39, 0.29) is 5.56 Å². The first kappa shape index (κ1) is 9.10. The minimum atomic E-state index is -4.30. The number of alkyl halides is 3. The van der Waals surface area contributed by atoms with E-state index in [1.54, 1.807) is 6.92 Å². The Morgan fingerprint density at radius 1 is 1.25 bits per heavy atom. The molecule has 0 N–H and O–H groups in total. The molecule has 0 fully saturated rings. The second kappa shape index (κ2) is 2.81. The number of hydrogen-bond acceptors (Lipinski definition) is 0. The molecule has 0 saturated heterocycles. The molecule has 0 aromatic heterocycles. The summed E-state index contributed by atoms with van der Waals surface area (Å²) in [5, 5.41) is 0. The van der Waals surface area contributed by atoms with Crippen molar-refractivity contribution in [3.05, 3.63) is 41.8 Å². The molecule has 0 unspecified atom stereocenters. The van der Waals surface area contributed by atoms with Crippen LogP contribution >= 0.6 is 0 Å². The quantitative estimate of drug-likeness (QED) is 0.564. The van der Waals surface area contributed by atoms with Crippen molar-refractivity contribution < 1.29 is 13.2 Å². The number of hydrogen-bond donors (Lipinski definition) is 0. The van der Waals surface area contributed by atoms with Gasteiger partial charge in [0, 0.05) is 0 Å². The lowest BCUT2D eigenvalue weighted by atomic mass is 10.1. The fourth-order valence-electron chi connectivity index (χ4n) is 0.817. The van der Waals surface area contributed by atoms with Crippen LogP contribution in [0.5, 0.6) is 0 Å². The standard InChI is InChI=1S/C9H7F3/c1-6-3-4-8(5-7(6)2)9(10,11)12/h2-5H,1H3. The molecule has 0 aliphatic rings. The highest BCUT2D eigenvalue weighted by molar-refractivity contribution is 5.34. The molecule has 0 bridgehead atoms. The largest absolute Gasteiger partial charge is 0.416 e. The van der Waals surface area contributed by atoms with Gasteiger partial charge in [-0.1, -0.05) is 6.07 Å². The lowest BCUT2D eigenvalue weighted by molar-refractivity contribution is -0.137. The molecule has 2 radical (unpaired) electrons. The van der Waals surface area contributed by atoms with E-state index in [1.807, 2.05) is 0 Å². The molecule has 0 spiro atoms. The zero-order valence-electron chi connectivity index (χ0n) is 6.44. The Labute approximate surface area is 69.0 Å². The topological polar surface area (TPSA) is 0 Å². The van der Waals surface area contributed by atoms with Crippen LogP contribution < -0.4 is 0 Å². The molecule has 1 aromatic carbocycles. The summed E-state index contributed by atoms with van der Waals surface area (Å²) < 4.78 is 36.1. The average molecular weight is 172 g/mol. The molecular weight excluding hydrogens is 165 g/mol. The number of aryl methyl sites for hydroxylation is 1. The van der Waals surface area contributed by atoms with Gasteiger partial charge < -0.3 is 0 Å². The molecule has 0 heterocycles. The van der Waals surface area contributed by atoms with Gasteiger partial charge in [0.1, 0.15) is 0 Å². The van der Waals surface area contributed by atoms with Crippen LogP contribution in [0, 0.1) is 13.8 Å². The van der Waals surface area contributed by atoms with Crippen LogP contribution in [0.25, 0.3) is 0 Å². The van der Waals surface area contributed by atoms with Crippen LogP contribution in [-0.2, 0) is 6.18 Å². The Morgan fingerprint density at radius 3 is 2.25 bits per heavy atom. The molecule has 0 aliphatic carbocycles. The van der Waals surface area contributed by atoms with Crippen LogP contribution in [-0.4, -0.2) is 0 Å². The van der Waals surface area contributed by atoms with E-state index in [2.05, 4.69) is 0 Å². The molecule has 0 saturated carbocycles. The van der Waals surface area contributed by atoms with Gasteiger partial charge in [0.2, 0.25) is 0 Å². The average Bonchev–Trinajstić information content (AvgIpc) is 1.92. The van der Waals surface area contributed by atoms with Gasteiger partial charge in [0.05, 0.1) is 5.56 Å². The van der Waals surface area contributed by atoms with Crippen molar-refractivity contribution in [1.29, 1.82) is 0 Å². The number of rotatable bonds is 0. The number of benzene rings is 1. The molecular formula is C9H7F3. The van der Waals surface area contributed by atoms with E-state index >= 15 is 0 Å². The maximum atomic E-state index is 12.0. The first-order valence-electron chi connectivity index (χ1n) is 3.34.